The molecule has 1 N–H and O–H groups in total. The second kappa shape index (κ2) is 7.02. The molecule has 1 saturated carbocycles. The third-order valence-corrected chi connectivity index (χ3v) is 6.13. The number of fused-ring (bicyclic) bond motifs is 1. The van der Waals surface area contributed by atoms with Crippen molar-refractivity contribution in [3.05, 3.63) is 0 Å². The van der Waals surface area contributed by atoms with Crippen LogP contribution in [0.5, 0.6) is 0 Å². The predicted molar refractivity (Wildman–Crippen MR) is 85.3 cm³/mol. The van der Waals surface area contributed by atoms with Gasteiger partial charge in [-0.2, -0.15) is 11.8 Å². The Morgan fingerprint density at radius 3 is 2.23 bits per heavy atom. The smallest absolute Gasteiger partial charge is 0.233 e. The summed E-state index contributed by atoms with van der Waals surface area (Å²) in [4.78, 5) is 38.0. The monoisotopic (exact) mass is 324 g/mol. The maximum Gasteiger partial charge on any atom is 0.233 e. The molecule has 0 unspecified atom stereocenters. The fraction of sp³-hybridized carbons (Fsp3) is 0.812. The normalized spacial score (nSPS) is 29.5. The summed E-state index contributed by atoms with van der Waals surface area (Å²) in [6.07, 6.45) is 6.00. The summed E-state index contributed by atoms with van der Waals surface area (Å²) in [5.41, 5.74) is 0. The van der Waals surface area contributed by atoms with Crippen molar-refractivity contribution in [3.63, 3.8) is 0 Å². The largest absolute Gasteiger partial charge is 0.353 e. The van der Waals surface area contributed by atoms with Crippen molar-refractivity contribution in [1.29, 1.82) is 0 Å². The number of carbonyl (C=O) groups excluding carboxylic acids is 3. The Morgan fingerprint density at radius 2 is 1.64 bits per heavy atom. The van der Waals surface area contributed by atoms with E-state index in [1.54, 1.807) is 0 Å². The topological polar surface area (TPSA) is 66.5 Å². The van der Waals surface area contributed by atoms with Gasteiger partial charge in [-0.05, 0) is 37.2 Å². The molecule has 3 aliphatic rings. The van der Waals surface area contributed by atoms with Crippen LogP contribution < -0.4 is 5.32 Å². The highest BCUT2D eigenvalue weighted by Crippen LogP contribution is 2.37. The van der Waals surface area contributed by atoms with Crippen molar-refractivity contribution in [1.82, 2.24) is 10.2 Å². The molecule has 3 fully saturated rings. The Hall–Kier alpha value is -1.04. The number of imide groups is 1. The quantitative estimate of drug-likeness (QED) is 0.797. The van der Waals surface area contributed by atoms with Gasteiger partial charge in [0.2, 0.25) is 17.7 Å². The second-order valence-electron chi connectivity index (χ2n) is 6.53. The van der Waals surface area contributed by atoms with Crippen molar-refractivity contribution in [3.8, 4) is 0 Å². The summed E-state index contributed by atoms with van der Waals surface area (Å²) >= 11 is 1.92. The van der Waals surface area contributed by atoms with E-state index in [4.69, 9.17) is 0 Å². The van der Waals surface area contributed by atoms with Gasteiger partial charge >= 0.3 is 0 Å². The van der Waals surface area contributed by atoms with E-state index in [0.29, 0.717) is 0 Å². The minimum absolute atomic E-state index is 0.0348. The Labute approximate surface area is 135 Å². The lowest BCUT2D eigenvalue weighted by molar-refractivity contribution is -0.140. The van der Waals surface area contributed by atoms with Crippen LogP contribution in [0.2, 0.25) is 0 Å². The van der Waals surface area contributed by atoms with Gasteiger partial charge in [-0.1, -0.05) is 12.8 Å². The van der Waals surface area contributed by atoms with E-state index in [-0.39, 0.29) is 48.6 Å². The minimum atomic E-state index is -0.111. The molecule has 2 saturated heterocycles. The molecule has 1 aliphatic carbocycles. The average Bonchev–Trinajstić information content (AvgIpc) is 2.78. The molecule has 2 atom stereocenters. The molecule has 22 heavy (non-hydrogen) atoms. The average molecular weight is 324 g/mol. The van der Waals surface area contributed by atoms with Gasteiger partial charge in [0.15, 0.2) is 0 Å². The van der Waals surface area contributed by atoms with Crippen LogP contribution in [-0.2, 0) is 14.4 Å². The maximum atomic E-state index is 12.3. The van der Waals surface area contributed by atoms with E-state index in [1.807, 2.05) is 11.8 Å². The second-order valence-corrected chi connectivity index (χ2v) is 7.75. The molecule has 0 spiro atoms. The van der Waals surface area contributed by atoms with Crippen LogP contribution in [0.3, 0.4) is 0 Å². The minimum Gasteiger partial charge on any atom is -0.353 e. The van der Waals surface area contributed by atoms with Crippen LogP contribution in [0.15, 0.2) is 0 Å². The molecular weight excluding hydrogens is 300 g/mol. The first-order chi connectivity index (χ1) is 10.7. The molecule has 3 amide bonds. The SMILES string of the molecule is O=C(CCN1C(=O)[C@H]2CCCC[C@@H]2C1=O)NC1CCSCC1. The molecule has 0 radical (unpaired) electrons. The van der Waals surface area contributed by atoms with Crippen molar-refractivity contribution >= 4 is 29.5 Å². The van der Waals surface area contributed by atoms with Crippen LogP contribution in [-0.4, -0.2) is 46.7 Å². The number of likely N-dealkylation sites (tertiary alicyclic amines) is 1. The Balaban J connectivity index is 1.49. The molecule has 6 heteroatoms. The van der Waals surface area contributed by atoms with Gasteiger partial charge in [0.1, 0.15) is 0 Å². The van der Waals surface area contributed by atoms with Crippen molar-refractivity contribution in [2.75, 3.05) is 18.1 Å². The highest BCUT2D eigenvalue weighted by atomic mass is 32.2. The lowest BCUT2D eigenvalue weighted by Crippen LogP contribution is -2.40. The van der Waals surface area contributed by atoms with Crippen LogP contribution >= 0.6 is 11.8 Å². The standard InChI is InChI=1S/C16H24N2O3S/c19-14(17-11-6-9-22-10-7-11)5-8-18-15(20)12-3-1-2-4-13(12)16(18)21/h11-13H,1-10H2,(H,17,19)/t12-,13-/m0/s1. The number of carbonyl (C=O) groups is 3. The van der Waals surface area contributed by atoms with Crippen molar-refractivity contribution < 1.29 is 14.4 Å². The van der Waals surface area contributed by atoms with Gasteiger partial charge in [0.05, 0.1) is 11.8 Å². The van der Waals surface area contributed by atoms with E-state index < -0.39 is 0 Å². The first kappa shape index (κ1) is 15.8. The van der Waals surface area contributed by atoms with E-state index in [0.717, 1.165) is 50.0 Å². The molecule has 0 bridgehead atoms. The summed E-state index contributed by atoms with van der Waals surface area (Å²) < 4.78 is 0. The molecule has 2 heterocycles. The zero-order chi connectivity index (χ0) is 15.5. The van der Waals surface area contributed by atoms with Gasteiger partial charge in [-0.15, -0.1) is 0 Å². The van der Waals surface area contributed by atoms with E-state index in [1.165, 1.54) is 4.90 Å². The number of thioether (sulfide) groups is 1. The predicted octanol–water partition coefficient (Wildman–Crippen LogP) is 1.56. The molecule has 3 rings (SSSR count). The first-order valence-electron chi connectivity index (χ1n) is 8.39. The lowest BCUT2D eigenvalue weighted by Gasteiger charge is -2.23. The number of rotatable bonds is 4. The summed E-state index contributed by atoms with van der Waals surface area (Å²) in [7, 11) is 0. The summed E-state index contributed by atoms with van der Waals surface area (Å²) in [6, 6.07) is 0.265. The number of hydrogen-bond acceptors (Lipinski definition) is 4. The van der Waals surface area contributed by atoms with Gasteiger partial charge in [-0.25, -0.2) is 0 Å². The molecule has 0 aromatic heterocycles. The zero-order valence-corrected chi connectivity index (χ0v) is 13.7. The van der Waals surface area contributed by atoms with Crippen molar-refractivity contribution in [2.24, 2.45) is 11.8 Å². The molecule has 5 nitrogen and oxygen atoms in total. The number of hydrogen-bond donors (Lipinski definition) is 1. The fourth-order valence-corrected chi connectivity index (χ4v) is 4.91. The number of nitrogens with zero attached hydrogens (tertiary/aromatic N) is 1. The Bertz CT molecular complexity index is 438. The van der Waals surface area contributed by atoms with Crippen LogP contribution in [0.4, 0.5) is 0 Å². The zero-order valence-electron chi connectivity index (χ0n) is 12.9. The molecule has 0 aromatic carbocycles. The summed E-state index contributed by atoms with van der Waals surface area (Å²) in [5.74, 6) is 1.84. The molecule has 122 valence electrons. The molecule has 2 aliphatic heterocycles. The van der Waals surface area contributed by atoms with E-state index in [9.17, 15) is 14.4 Å². The Morgan fingerprint density at radius 1 is 1.05 bits per heavy atom. The number of amides is 3. The maximum absolute atomic E-state index is 12.3. The summed E-state index contributed by atoms with van der Waals surface area (Å²) in [5, 5.41) is 3.03. The summed E-state index contributed by atoms with van der Waals surface area (Å²) in [6.45, 7) is 0.248. The first-order valence-corrected chi connectivity index (χ1v) is 9.54. The van der Waals surface area contributed by atoms with E-state index >= 15 is 0 Å². The van der Waals surface area contributed by atoms with Crippen LogP contribution in [0.1, 0.15) is 44.9 Å². The van der Waals surface area contributed by atoms with Crippen molar-refractivity contribution in [2.45, 2.75) is 51.0 Å². The highest BCUT2D eigenvalue weighted by molar-refractivity contribution is 7.99. The van der Waals surface area contributed by atoms with Gasteiger partial charge in [0.25, 0.3) is 0 Å². The number of nitrogens with one attached hydrogen (secondary N) is 1. The third kappa shape index (κ3) is 3.31. The van der Waals surface area contributed by atoms with Crippen LogP contribution in [0, 0.1) is 11.8 Å². The Kier molecular flexibility index (Phi) is 5.06. The highest BCUT2D eigenvalue weighted by Gasteiger charge is 2.47. The lowest BCUT2D eigenvalue weighted by atomic mass is 9.81. The van der Waals surface area contributed by atoms with E-state index in [2.05, 4.69) is 5.32 Å². The van der Waals surface area contributed by atoms with Gasteiger partial charge in [0, 0.05) is 19.0 Å². The fourth-order valence-electron chi connectivity index (χ4n) is 3.81. The third-order valence-electron chi connectivity index (χ3n) is 5.08. The van der Waals surface area contributed by atoms with Gasteiger partial charge < -0.3 is 5.32 Å². The molecular formula is C16H24N2O3S. The van der Waals surface area contributed by atoms with Crippen LogP contribution in [0.25, 0.3) is 0 Å². The molecule has 0 aromatic rings. The van der Waals surface area contributed by atoms with Gasteiger partial charge in [-0.3, -0.25) is 19.3 Å².